The summed E-state index contributed by atoms with van der Waals surface area (Å²) in [6.45, 7) is 10.4. The highest BCUT2D eigenvalue weighted by Crippen LogP contribution is 2.72. The number of amides is 1. The summed E-state index contributed by atoms with van der Waals surface area (Å²) < 4.78 is 46.6. The van der Waals surface area contributed by atoms with Gasteiger partial charge in [0, 0.05) is 67.0 Å². The van der Waals surface area contributed by atoms with Crippen LogP contribution in [0.5, 0.6) is 0 Å². The quantitative estimate of drug-likeness (QED) is 0.0550. The Morgan fingerprint density at radius 2 is 1.75 bits per heavy atom. The molecule has 17 heteroatoms. The molecular weight excluding hydrogens is 843 g/mol. The third-order valence-corrected chi connectivity index (χ3v) is 15.3. The number of hydrogen-bond donors (Lipinski definition) is 4. The Hall–Kier alpha value is -4.78. The smallest absolute Gasteiger partial charge is 0.355 e. The zero-order chi connectivity index (χ0) is 44.2. The second kappa shape index (κ2) is 16.7. The number of para-hydroxylation sites is 1. The maximum atomic E-state index is 13.9. The predicted molar refractivity (Wildman–Crippen MR) is 241 cm³/mol. The molecule has 2 aromatic carbocycles. The Morgan fingerprint density at radius 1 is 0.952 bits per heavy atom. The van der Waals surface area contributed by atoms with Crippen molar-refractivity contribution in [1.82, 2.24) is 25.1 Å². The lowest BCUT2D eigenvalue weighted by atomic mass is 9.39. The van der Waals surface area contributed by atoms with Crippen molar-refractivity contribution in [3.8, 4) is 11.1 Å². The molecule has 0 saturated heterocycles. The molecule has 1 amide bonds. The lowest BCUT2D eigenvalue weighted by molar-refractivity contribution is -0.250. The topological polar surface area (TPSA) is 198 Å². The molecule has 4 bridgehead atoms. The van der Waals surface area contributed by atoms with Gasteiger partial charge in [0.1, 0.15) is 0 Å². The number of fused-ring (bicyclic) bond motifs is 2. The molecule has 4 heterocycles. The van der Waals surface area contributed by atoms with Gasteiger partial charge in [-0.3, -0.25) is 19.3 Å². The molecule has 63 heavy (non-hydrogen) atoms. The molecule has 4 fully saturated rings. The Morgan fingerprint density at radius 3 is 2.51 bits per heavy atom. The minimum absolute atomic E-state index is 0.0407. The molecule has 1 aliphatic heterocycles. The van der Waals surface area contributed by atoms with E-state index in [1.54, 1.807) is 12.4 Å². The number of nitrogens with one attached hydrogen (secondary N) is 2. The van der Waals surface area contributed by atoms with E-state index in [1.807, 2.05) is 49.4 Å². The van der Waals surface area contributed by atoms with Crippen LogP contribution in [0.2, 0.25) is 0 Å². The van der Waals surface area contributed by atoms with Crippen molar-refractivity contribution in [3.05, 3.63) is 89.0 Å². The zero-order valence-electron chi connectivity index (χ0n) is 36.0. The molecule has 4 N–H and O–H groups in total. The fourth-order valence-corrected chi connectivity index (χ4v) is 13.7. The highest BCUT2D eigenvalue weighted by atomic mass is 32.2. The molecule has 5 aliphatic rings. The Labute approximate surface area is 371 Å². The molecule has 0 spiro atoms. The number of aromatic nitrogens is 4. The van der Waals surface area contributed by atoms with Crippen molar-refractivity contribution >= 4 is 54.4 Å². The molecule has 4 saturated carbocycles. The number of hydrogen-bond acceptors (Lipinski definition) is 12. The SMILES string of the molecule is Cc1c(-c2c(N3CCc4cccc(C(=O)Nc5nc6ccccc6s5)c4C3)ccnc2C(=O)O)cnn1CC12CC3(C)CC(C)(C1)CC(OCCOCCNCCS(=O)(=O)O)(C3)C2. The Balaban J connectivity index is 0.935. The van der Waals surface area contributed by atoms with Crippen molar-refractivity contribution < 1.29 is 37.1 Å². The predicted octanol–water partition coefficient (Wildman–Crippen LogP) is 7.01. The molecule has 5 aromatic rings. The molecule has 2 unspecified atom stereocenters. The first-order valence-electron chi connectivity index (χ1n) is 21.7. The number of benzene rings is 2. The van der Waals surface area contributed by atoms with Gasteiger partial charge in [0.2, 0.25) is 0 Å². The number of pyridine rings is 1. The number of aromatic carboxylic acids is 1. The van der Waals surface area contributed by atoms with Crippen LogP contribution in [0.25, 0.3) is 21.3 Å². The van der Waals surface area contributed by atoms with Gasteiger partial charge in [0.05, 0.1) is 47.6 Å². The molecule has 0 radical (unpaired) electrons. The van der Waals surface area contributed by atoms with E-state index in [0.29, 0.717) is 68.7 Å². The van der Waals surface area contributed by atoms with Crippen molar-refractivity contribution in [2.24, 2.45) is 16.2 Å². The Kier molecular flexibility index (Phi) is 11.5. The van der Waals surface area contributed by atoms with Crippen LogP contribution in [0.4, 0.5) is 10.8 Å². The number of anilines is 2. The summed E-state index contributed by atoms with van der Waals surface area (Å²) in [7, 11) is -4.00. The Bertz CT molecular complexity index is 2630. The van der Waals surface area contributed by atoms with Gasteiger partial charge < -0.3 is 24.8 Å². The number of carboxylic acids is 1. The van der Waals surface area contributed by atoms with E-state index in [9.17, 15) is 23.1 Å². The summed E-state index contributed by atoms with van der Waals surface area (Å²) in [5.41, 5.74) is 6.02. The first kappa shape index (κ1) is 43.5. The highest BCUT2D eigenvalue weighted by molar-refractivity contribution is 7.85. The van der Waals surface area contributed by atoms with Crippen LogP contribution in [0, 0.1) is 23.2 Å². The van der Waals surface area contributed by atoms with Crippen LogP contribution in [0.15, 0.2) is 60.9 Å². The first-order valence-corrected chi connectivity index (χ1v) is 24.1. The van der Waals surface area contributed by atoms with Crippen LogP contribution in [0.1, 0.15) is 90.0 Å². The van der Waals surface area contributed by atoms with E-state index >= 15 is 0 Å². The molecule has 15 nitrogen and oxygen atoms in total. The minimum Gasteiger partial charge on any atom is -0.476 e. The second-order valence-electron chi connectivity index (χ2n) is 19.1. The standard InChI is InChI=1S/C46H55N7O8S2/c1-30-33(21-49-53(30)29-45-24-43(2)23-44(3,25-45)27-46(26-43,28-45)61-19-18-60-17-14-47-15-20-63(57,58)59)38-36(11-13-48-39(38)41(55)56)52-16-12-31-7-6-8-32(34(31)22-52)40(54)51-42-50-35-9-4-5-10-37(35)62-42/h4-11,13,21,47H,12,14-20,22-29H2,1-3H3,(H,55,56)(H,50,51,54)(H,57,58,59). The number of thiazole rings is 1. The molecule has 334 valence electrons. The first-order chi connectivity index (χ1) is 30.0. The molecule has 10 rings (SSSR count). The summed E-state index contributed by atoms with van der Waals surface area (Å²) in [6.07, 6.45) is 10.2. The van der Waals surface area contributed by atoms with E-state index in [0.717, 1.165) is 76.8 Å². The van der Waals surface area contributed by atoms with E-state index in [2.05, 4.69) is 50.1 Å². The summed E-state index contributed by atoms with van der Waals surface area (Å²) in [6, 6.07) is 15.5. The van der Waals surface area contributed by atoms with Crippen molar-refractivity contribution in [1.29, 1.82) is 0 Å². The average molecular weight is 898 g/mol. The van der Waals surface area contributed by atoms with Crippen LogP contribution in [-0.4, -0.2) is 101 Å². The summed E-state index contributed by atoms with van der Waals surface area (Å²) in [5.74, 6) is -1.69. The fourth-order valence-electron chi connectivity index (χ4n) is 12.4. The normalized spacial score (nSPS) is 25.1. The van der Waals surface area contributed by atoms with Gasteiger partial charge in [-0.15, -0.1) is 0 Å². The highest BCUT2D eigenvalue weighted by Gasteiger charge is 2.66. The fraction of sp³-hybridized carbons (Fsp3) is 0.500. The van der Waals surface area contributed by atoms with Gasteiger partial charge >= 0.3 is 5.97 Å². The number of carbonyl (C=O) groups is 2. The molecule has 4 aliphatic carbocycles. The van der Waals surface area contributed by atoms with Gasteiger partial charge in [0.25, 0.3) is 16.0 Å². The molecular formula is C46H55N7O8S2. The monoisotopic (exact) mass is 897 g/mol. The summed E-state index contributed by atoms with van der Waals surface area (Å²) in [5, 5.41) is 22.1. The van der Waals surface area contributed by atoms with E-state index < -0.39 is 16.1 Å². The van der Waals surface area contributed by atoms with E-state index in [4.69, 9.17) is 19.1 Å². The maximum Gasteiger partial charge on any atom is 0.355 e. The van der Waals surface area contributed by atoms with Gasteiger partial charge in [0.15, 0.2) is 10.8 Å². The van der Waals surface area contributed by atoms with Crippen molar-refractivity contribution in [2.45, 2.75) is 84.4 Å². The van der Waals surface area contributed by atoms with E-state index in [-0.39, 0.29) is 45.7 Å². The van der Waals surface area contributed by atoms with Crippen molar-refractivity contribution in [3.63, 3.8) is 0 Å². The van der Waals surface area contributed by atoms with Gasteiger partial charge in [-0.25, -0.2) is 14.8 Å². The number of carbonyl (C=O) groups excluding carboxylic acids is 1. The summed E-state index contributed by atoms with van der Waals surface area (Å²) in [4.78, 5) is 37.9. The third-order valence-electron chi connectivity index (χ3n) is 13.6. The third kappa shape index (κ3) is 9.00. The minimum atomic E-state index is -4.00. The number of rotatable bonds is 17. The zero-order valence-corrected chi connectivity index (χ0v) is 37.6. The number of nitrogens with zero attached hydrogens (tertiary/aromatic N) is 5. The van der Waals surface area contributed by atoms with Gasteiger partial charge in [-0.05, 0) is 104 Å². The molecule has 2 atom stereocenters. The number of ether oxygens (including phenoxy) is 2. The van der Waals surface area contributed by atoms with Gasteiger partial charge in [-0.1, -0.05) is 49.4 Å². The van der Waals surface area contributed by atoms with E-state index in [1.165, 1.54) is 11.3 Å². The summed E-state index contributed by atoms with van der Waals surface area (Å²) >= 11 is 1.43. The lowest BCUT2D eigenvalue weighted by Crippen LogP contribution is -2.64. The van der Waals surface area contributed by atoms with Gasteiger partial charge in [-0.2, -0.15) is 13.5 Å². The number of carboxylic acid groups (broad SMARTS) is 1. The second-order valence-corrected chi connectivity index (χ2v) is 21.7. The lowest BCUT2D eigenvalue weighted by Gasteiger charge is -2.69. The van der Waals surface area contributed by atoms with Crippen LogP contribution >= 0.6 is 11.3 Å². The largest absolute Gasteiger partial charge is 0.476 e. The average Bonchev–Trinajstić information content (AvgIpc) is 3.78. The maximum absolute atomic E-state index is 13.9. The van der Waals surface area contributed by atoms with Crippen molar-refractivity contribution in [2.75, 3.05) is 55.4 Å². The van der Waals surface area contributed by atoms with Crippen LogP contribution < -0.4 is 15.5 Å². The molecule has 3 aromatic heterocycles. The van der Waals surface area contributed by atoms with Crippen LogP contribution in [-0.2, 0) is 39.1 Å². The van der Waals surface area contributed by atoms with Crippen LogP contribution in [0.3, 0.4) is 0 Å².